The van der Waals surface area contributed by atoms with E-state index in [1.165, 1.54) is 25.1 Å². The molecule has 2 heterocycles. The van der Waals surface area contributed by atoms with E-state index in [4.69, 9.17) is 5.11 Å². The second-order valence-corrected chi connectivity index (χ2v) is 7.25. The summed E-state index contributed by atoms with van der Waals surface area (Å²) in [6.07, 6.45) is 3.89. The molecule has 20 heavy (non-hydrogen) atoms. The fraction of sp³-hybridized carbons (Fsp3) is 0.692. The summed E-state index contributed by atoms with van der Waals surface area (Å²) < 4.78 is 26.8. The van der Waals surface area contributed by atoms with Crippen molar-refractivity contribution in [3.8, 4) is 0 Å². The van der Waals surface area contributed by atoms with Gasteiger partial charge in [-0.15, -0.1) is 0 Å². The first kappa shape index (κ1) is 15.5. The SMILES string of the molecule is CC(CNS(=O)(=O)c1c[nH]c(CO)c1)CN1CCCC1. The minimum atomic E-state index is -3.49. The minimum Gasteiger partial charge on any atom is -0.390 e. The van der Waals surface area contributed by atoms with Crippen LogP contribution >= 0.6 is 0 Å². The predicted octanol–water partition coefficient (Wildman–Crippen LogP) is 0.517. The molecule has 1 aliphatic heterocycles. The molecular formula is C13H23N3O3S. The largest absolute Gasteiger partial charge is 0.390 e. The number of sulfonamides is 1. The molecule has 0 amide bonds. The van der Waals surface area contributed by atoms with Crippen LogP contribution < -0.4 is 4.72 Å². The summed E-state index contributed by atoms with van der Waals surface area (Å²) in [5.74, 6) is 0.277. The van der Waals surface area contributed by atoms with Crippen molar-refractivity contribution >= 4 is 10.0 Å². The van der Waals surface area contributed by atoms with Crippen LogP contribution in [0.1, 0.15) is 25.5 Å². The summed E-state index contributed by atoms with van der Waals surface area (Å²) in [6, 6.07) is 1.45. The van der Waals surface area contributed by atoms with Gasteiger partial charge >= 0.3 is 0 Å². The van der Waals surface area contributed by atoms with Gasteiger partial charge in [0.15, 0.2) is 0 Å². The van der Waals surface area contributed by atoms with E-state index in [0.29, 0.717) is 12.2 Å². The van der Waals surface area contributed by atoms with Crippen LogP contribution in [0, 0.1) is 5.92 Å². The van der Waals surface area contributed by atoms with E-state index in [0.717, 1.165) is 19.6 Å². The first-order valence-electron chi connectivity index (χ1n) is 7.01. The Morgan fingerprint density at radius 3 is 2.75 bits per heavy atom. The lowest BCUT2D eigenvalue weighted by molar-refractivity contribution is 0.277. The molecule has 0 bridgehead atoms. The van der Waals surface area contributed by atoms with Crippen LogP contribution in [-0.2, 0) is 16.6 Å². The van der Waals surface area contributed by atoms with Gasteiger partial charge in [0.2, 0.25) is 10.0 Å². The van der Waals surface area contributed by atoms with Crippen LogP contribution in [-0.4, -0.2) is 49.6 Å². The van der Waals surface area contributed by atoms with Crippen molar-refractivity contribution in [3.63, 3.8) is 0 Å². The summed E-state index contributed by atoms with van der Waals surface area (Å²) >= 11 is 0. The number of hydrogen-bond acceptors (Lipinski definition) is 4. The highest BCUT2D eigenvalue weighted by Crippen LogP contribution is 2.12. The van der Waals surface area contributed by atoms with Crippen molar-refractivity contribution in [2.75, 3.05) is 26.2 Å². The van der Waals surface area contributed by atoms with Crippen LogP contribution in [0.5, 0.6) is 0 Å². The maximum Gasteiger partial charge on any atom is 0.242 e. The molecule has 114 valence electrons. The zero-order valence-electron chi connectivity index (χ0n) is 11.8. The Hall–Kier alpha value is -0.890. The normalized spacial score (nSPS) is 18.5. The number of aliphatic hydroxyl groups excluding tert-OH is 1. The Kier molecular flexibility index (Phi) is 5.20. The number of aromatic nitrogens is 1. The fourth-order valence-electron chi connectivity index (χ4n) is 2.47. The number of nitrogens with zero attached hydrogens (tertiary/aromatic N) is 1. The monoisotopic (exact) mass is 301 g/mol. The van der Waals surface area contributed by atoms with E-state index in [9.17, 15) is 8.42 Å². The molecule has 1 saturated heterocycles. The van der Waals surface area contributed by atoms with E-state index in [1.807, 2.05) is 0 Å². The molecule has 6 nitrogen and oxygen atoms in total. The van der Waals surface area contributed by atoms with Gasteiger partial charge in [-0.2, -0.15) is 0 Å². The maximum absolute atomic E-state index is 12.1. The lowest BCUT2D eigenvalue weighted by atomic mass is 10.2. The molecule has 1 atom stereocenters. The Morgan fingerprint density at radius 1 is 1.45 bits per heavy atom. The highest BCUT2D eigenvalue weighted by atomic mass is 32.2. The van der Waals surface area contributed by atoms with E-state index in [2.05, 4.69) is 21.5 Å². The highest BCUT2D eigenvalue weighted by Gasteiger charge is 2.19. The topological polar surface area (TPSA) is 85.4 Å². The summed E-state index contributed by atoms with van der Waals surface area (Å²) in [5.41, 5.74) is 0.496. The van der Waals surface area contributed by atoms with Crippen LogP contribution in [0.2, 0.25) is 0 Å². The van der Waals surface area contributed by atoms with Gasteiger partial charge in [-0.1, -0.05) is 6.92 Å². The molecule has 1 unspecified atom stereocenters. The summed E-state index contributed by atoms with van der Waals surface area (Å²) in [7, 11) is -3.49. The van der Waals surface area contributed by atoms with E-state index < -0.39 is 10.0 Å². The summed E-state index contributed by atoms with van der Waals surface area (Å²) in [6.45, 7) is 5.46. The molecule has 2 rings (SSSR count). The molecule has 0 aliphatic carbocycles. The Bertz CT molecular complexity index is 521. The summed E-state index contributed by atoms with van der Waals surface area (Å²) in [5, 5.41) is 8.94. The maximum atomic E-state index is 12.1. The summed E-state index contributed by atoms with van der Waals surface area (Å²) in [4.78, 5) is 5.28. The number of H-pyrrole nitrogens is 1. The smallest absolute Gasteiger partial charge is 0.242 e. The predicted molar refractivity (Wildman–Crippen MR) is 76.7 cm³/mol. The van der Waals surface area contributed by atoms with Crippen molar-refractivity contribution < 1.29 is 13.5 Å². The number of rotatable bonds is 7. The van der Waals surface area contributed by atoms with Crippen LogP contribution in [0.3, 0.4) is 0 Å². The average Bonchev–Trinajstić information content (AvgIpc) is 3.07. The van der Waals surface area contributed by atoms with Crippen molar-refractivity contribution in [2.24, 2.45) is 5.92 Å². The molecule has 0 saturated carbocycles. The first-order chi connectivity index (χ1) is 9.51. The van der Waals surface area contributed by atoms with Crippen molar-refractivity contribution in [3.05, 3.63) is 18.0 Å². The van der Waals surface area contributed by atoms with Crippen molar-refractivity contribution in [2.45, 2.75) is 31.3 Å². The standard InChI is InChI=1S/C13H23N3O3S/c1-11(9-16-4-2-3-5-16)7-15-20(18,19)13-6-12(10-17)14-8-13/h6,8,11,14-15,17H,2-5,7,9-10H2,1H3. The quantitative estimate of drug-likeness (QED) is 0.685. The van der Waals surface area contributed by atoms with E-state index in [-0.39, 0.29) is 17.4 Å². The molecule has 1 aromatic rings. The molecule has 3 N–H and O–H groups in total. The third-order valence-electron chi connectivity index (χ3n) is 3.59. The van der Waals surface area contributed by atoms with Gasteiger partial charge in [0.05, 0.1) is 11.5 Å². The lowest BCUT2D eigenvalue weighted by Gasteiger charge is -2.20. The third-order valence-corrected chi connectivity index (χ3v) is 4.99. The van der Waals surface area contributed by atoms with E-state index >= 15 is 0 Å². The Balaban J connectivity index is 1.85. The second kappa shape index (κ2) is 6.71. The van der Waals surface area contributed by atoms with Crippen molar-refractivity contribution in [1.82, 2.24) is 14.6 Å². The fourth-order valence-corrected chi connectivity index (χ4v) is 3.65. The molecular weight excluding hydrogens is 278 g/mol. The zero-order chi connectivity index (χ0) is 14.6. The second-order valence-electron chi connectivity index (χ2n) is 5.48. The Morgan fingerprint density at radius 2 is 2.15 bits per heavy atom. The number of aromatic amines is 1. The molecule has 7 heteroatoms. The van der Waals surface area contributed by atoms with Gasteiger partial charge in [0.25, 0.3) is 0 Å². The number of aliphatic hydroxyl groups is 1. The molecule has 0 aromatic carbocycles. The molecule has 1 fully saturated rings. The molecule has 1 aliphatic rings. The van der Waals surface area contributed by atoms with E-state index in [1.54, 1.807) is 0 Å². The van der Waals surface area contributed by atoms with Gasteiger partial charge in [-0.25, -0.2) is 13.1 Å². The number of hydrogen-bond donors (Lipinski definition) is 3. The Labute approximate surface area is 120 Å². The van der Waals surface area contributed by atoms with Gasteiger partial charge in [0, 0.05) is 25.0 Å². The van der Waals surface area contributed by atoms with Crippen molar-refractivity contribution in [1.29, 1.82) is 0 Å². The average molecular weight is 301 g/mol. The molecule has 0 spiro atoms. The van der Waals surface area contributed by atoms with Crippen LogP contribution in [0.25, 0.3) is 0 Å². The van der Waals surface area contributed by atoms with Crippen LogP contribution in [0.15, 0.2) is 17.2 Å². The van der Waals surface area contributed by atoms with Gasteiger partial charge < -0.3 is 15.0 Å². The number of nitrogens with one attached hydrogen (secondary N) is 2. The molecule has 1 aromatic heterocycles. The molecule has 0 radical (unpaired) electrons. The number of likely N-dealkylation sites (tertiary alicyclic amines) is 1. The lowest BCUT2D eigenvalue weighted by Crippen LogP contribution is -2.34. The van der Waals surface area contributed by atoms with Gasteiger partial charge in [0.1, 0.15) is 0 Å². The van der Waals surface area contributed by atoms with Gasteiger partial charge in [-0.3, -0.25) is 0 Å². The highest BCUT2D eigenvalue weighted by molar-refractivity contribution is 7.89. The van der Waals surface area contributed by atoms with Crippen LogP contribution in [0.4, 0.5) is 0 Å². The zero-order valence-corrected chi connectivity index (χ0v) is 12.6. The van der Waals surface area contributed by atoms with Gasteiger partial charge in [-0.05, 0) is 37.9 Å². The third kappa shape index (κ3) is 4.05. The minimum absolute atomic E-state index is 0.176. The first-order valence-corrected chi connectivity index (χ1v) is 8.50.